The lowest BCUT2D eigenvalue weighted by Gasteiger charge is -2.09. The van der Waals surface area contributed by atoms with E-state index in [2.05, 4.69) is 37.8 Å². The van der Waals surface area contributed by atoms with Crippen LogP contribution in [0.2, 0.25) is 0 Å². The standard InChI is InChI=1S/C16H13N5/c1-12-17-9-10-20(12)14-4-2-3-13(11-14)15-5-7-18-16-6-8-19-21(15)16/h2-11H,1H3. The SMILES string of the molecule is Cc1nccn1-c1cccc(-c2ccnc3ccnn23)c1. The van der Waals surface area contributed by atoms with Crippen LogP contribution in [0.5, 0.6) is 0 Å². The molecule has 102 valence electrons. The Morgan fingerprint density at radius 2 is 1.90 bits per heavy atom. The number of nitrogens with zero attached hydrogens (tertiary/aromatic N) is 5. The molecule has 0 aliphatic heterocycles. The third-order valence-electron chi connectivity index (χ3n) is 3.54. The molecule has 0 aliphatic carbocycles. The van der Waals surface area contributed by atoms with Gasteiger partial charge in [-0.05, 0) is 25.1 Å². The molecule has 0 bridgehead atoms. The molecule has 0 amide bonds. The summed E-state index contributed by atoms with van der Waals surface area (Å²) in [7, 11) is 0. The third kappa shape index (κ3) is 1.90. The Kier molecular flexibility index (Phi) is 2.57. The number of hydrogen-bond acceptors (Lipinski definition) is 3. The van der Waals surface area contributed by atoms with Gasteiger partial charge in [-0.25, -0.2) is 14.5 Å². The summed E-state index contributed by atoms with van der Waals surface area (Å²) in [5.74, 6) is 0.964. The zero-order valence-corrected chi connectivity index (χ0v) is 11.5. The van der Waals surface area contributed by atoms with Gasteiger partial charge in [0.25, 0.3) is 0 Å². The largest absolute Gasteiger partial charge is 0.304 e. The average molecular weight is 275 g/mol. The summed E-state index contributed by atoms with van der Waals surface area (Å²) >= 11 is 0. The van der Waals surface area contributed by atoms with Crippen LogP contribution in [0.1, 0.15) is 5.82 Å². The molecule has 0 saturated heterocycles. The fraction of sp³-hybridized carbons (Fsp3) is 0.0625. The highest BCUT2D eigenvalue weighted by atomic mass is 15.2. The van der Waals surface area contributed by atoms with Crippen molar-refractivity contribution < 1.29 is 0 Å². The highest BCUT2D eigenvalue weighted by Gasteiger charge is 2.07. The van der Waals surface area contributed by atoms with Gasteiger partial charge in [0.05, 0.1) is 11.9 Å². The molecule has 0 atom stereocenters. The summed E-state index contributed by atoms with van der Waals surface area (Å²) in [5, 5.41) is 4.34. The molecule has 3 aromatic heterocycles. The number of aromatic nitrogens is 5. The lowest BCUT2D eigenvalue weighted by Crippen LogP contribution is -1.98. The fourth-order valence-electron chi connectivity index (χ4n) is 2.52. The van der Waals surface area contributed by atoms with Gasteiger partial charge in [0.15, 0.2) is 5.65 Å². The quantitative estimate of drug-likeness (QED) is 0.565. The van der Waals surface area contributed by atoms with Crippen LogP contribution < -0.4 is 0 Å². The normalized spacial score (nSPS) is 11.1. The Morgan fingerprint density at radius 3 is 2.76 bits per heavy atom. The van der Waals surface area contributed by atoms with Gasteiger partial charge < -0.3 is 4.57 Å². The molecule has 5 heteroatoms. The lowest BCUT2D eigenvalue weighted by molar-refractivity contribution is 0.945. The summed E-state index contributed by atoms with van der Waals surface area (Å²) in [4.78, 5) is 8.57. The van der Waals surface area contributed by atoms with Crippen LogP contribution in [0.4, 0.5) is 0 Å². The predicted octanol–water partition coefficient (Wildman–Crippen LogP) is 2.89. The molecule has 5 nitrogen and oxygen atoms in total. The average Bonchev–Trinajstić information content (AvgIpc) is 3.15. The van der Waals surface area contributed by atoms with Crippen LogP contribution in [-0.4, -0.2) is 24.1 Å². The number of fused-ring (bicyclic) bond motifs is 1. The van der Waals surface area contributed by atoms with Crippen molar-refractivity contribution in [2.45, 2.75) is 6.92 Å². The van der Waals surface area contributed by atoms with Gasteiger partial charge >= 0.3 is 0 Å². The Hall–Kier alpha value is -2.95. The first-order chi connectivity index (χ1) is 10.3. The van der Waals surface area contributed by atoms with Gasteiger partial charge in [0.2, 0.25) is 0 Å². The van der Waals surface area contributed by atoms with Gasteiger partial charge in [0.1, 0.15) is 5.82 Å². The summed E-state index contributed by atoms with van der Waals surface area (Å²) in [6.45, 7) is 1.99. The molecule has 4 aromatic rings. The second-order valence-electron chi connectivity index (χ2n) is 4.83. The van der Waals surface area contributed by atoms with E-state index >= 15 is 0 Å². The maximum Gasteiger partial charge on any atom is 0.155 e. The van der Waals surface area contributed by atoms with Crippen LogP contribution in [0.3, 0.4) is 0 Å². The first-order valence-electron chi connectivity index (χ1n) is 6.72. The van der Waals surface area contributed by atoms with E-state index in [1.54, 1.807) is 12.4 Å². The Labute approximate surface area is 121 Å². The van der Waals surface area contributed by atoms with Crippen LogP contribution in [-0.2, 0) is 0 Å². The number of benzene rings is 1. The van der Waals surface area contributed by atoms with Crippen LogP contribution >= 0.6 is 0 Å². The number of hydrogen-bond donors (Lipinski definition) is 0. The molecule has 0 aliphatic rings. The van der Waals surface area contributed by atoms with E-state index in [9.17, 15) is 0 Å². The molecule has 3 heterocycles. The zero-order valence-electron chi connectivity index (χ0n) is 11.5. The Morgan fingerprint density at radius 1 is 0.952 bits per heavy atom. The minimum absolute atomic E-state index is 0.844. The molecular weight excluding hydrogens is 262 g/mol. The fourth-order valence-corrected chi connectivity index (χ4v) is 2.52. The second-order valence-corrected chi connectivity index (χ2v) is 4.83. The van der Waals surface area contributed by atoms with Crippen molar-refractivity contribution in [2.24, 2.45) is 0 Å². The van der Waals surface area contributed by atoms with Crippen molar-refractivity contribution >= 4 is 5.65 Å². The van der Waals surface area contributed by atoms with Crippen molar-refractivity contribution in [3.63, 3.8) is 0 Å². The molecule has 0 N–H and O–H groups in total. The van der Waals surface area contributed by atoms with Gasteiger partial charge in [-0.1, -0.05) is 12.1 Å². The molecule has 0 unspecified atom stereocenters. The van der Waals surface area contributed by atoms with Crippen LogP contribution in [0, 0.1) is 6.92 Å². The predicted molar refractivity (Wildman–Crippen MR) is 80.3 cm³/mol. The first kappa shape index (κ1) is 11.8. The lowest BCUT2D eigenvalue weighted by atomic mass is 10.1. The van der Waals surface area contributed by atoms with Crippen LogP contribution in [0.15, 0.2) is 61.2 Å². The molecule has 21 heavy (non-hydrogen) atoms. The highest BCUT2D eigenvalue weighted by molar-refractivity contribution is 5.64. The molecule has 0 fully saturated rings. The van der Waals surface area contributed by atoms with E-state index in [1.807, 2.05) is 42.0 Å². The number of aryl methyl sites for hydroxylation is 1. The first-order valence-corrected chi connectivity index (χ1v) is 6.72. The molecule has 4 rings (SSSR count). The van der Waals surface area contributed by atoms with Crippen LogP contribution in [0.25, 0.3) is 22.6 Å². The van der Waals surface area contributed by atoms with Crippen molar-refractivity contribution in [2.75, 3.05) is 0 Å². The summed E-state index contributed by atoms with van der Waals surface area (Å²) in [6.07, 6.45) is 7.34. The monoisotopic (exact) mass is 275 g/mol. The van der Waals surface area contributed by atoms with E-state index in [4.69, 9.17) is 0 Å². The summed E-state index contributed by atoms with van der Waals surface area (Å²) in [5.41, 5.74) is 4.04. The smallest absolute Gasteiger partial charge is 0.155 e. The molecule has 1 aromatic carbocycles. The van der Waals surface area contributed by atoms with Gasteiger partial charge in [0, 0.05) is 35.9 Å². The minimum Gasteiger partial charge on any atom is -0.304 e. The minimum atomic E-state index is 0.844. The van der Waals surface area contributed by atoms with Crippen molar-refractivity contribution in [1.82, 2.24) is 24.1 Å². The number of imidazole rings is 1. The van der Waals surface area contributed by atoms with Gasteiger partial charge in [-0.3, -0.25) is 0 Å². The zero-order chi connectivity index (χ0) is 14.2. The summed E-state index contributed by atoms with van der Waals surface area (Å²) < 4.78 is 3.91. The van der Waals surface area contributed by atoms with E-state index < -0.39 is 0 Å². The van der Waals surface area contributed by atoms with E-state index in [-0.39, 0.29) is 0 Å². The number of rotatable bonds is 2. The van der Waals surface area contributed by atoms with E-state index in [0.717, 1.165) is 28.4 Å². The molecule has 0 spiro atoms. The van der Waals surface area contributed by atoms with Gasteiger partial charge in [-0.2, -0.15) is 5.10 Å². The maximum absolute atomic E-state index is 4.34. The van der Waals surface area contributed by atoms with E-state index in [0.29, 0.717) is 0 Å². The van der Waals surface area contributed by atoms with E-state index in [1.165, 1.54) is 0 Å². The third-order valence-corrected chi connectivity index (χ3v) is 3.54. The molecule has 0 saturated carbocycles. The second kappa shape index (κ2) is 4.56. The van der Waals surface area contributed by atoms with Crippen molar-refractivity contribution in [3.05, 3.63) is 67.0 Å². The summed E-state index contributed by atoms with van der Waals surface area (Å²) in [6, 6.07) is 12.2. The molecule has 0 radical (unpaired) electrons. The maximum atomic E-state index is 4.34. The van der Waals surface area contributed by atoms with Crippen molar-refractivity contribution in [1.29, 1.82) is 0 Å². The topological polar surface area (TPSA) is 48.0 Å². The Bertz CT molecular complexity index is 919. The van der Waals surface area contributed by atoms with Gasteiger partial charge in [-0.15, -0.1) is 0 Å². The highest BCUT2D eigenvalue weighted by Crippen LogP contribution is 2.22. The Balaban J connectivity index is 1.90. The van der Waals surface area contributed by atoms with Crippen molar-refractivity contribution in [3.8, 4) is 16.9 Å². The molecular formula is C16H13N5.